The van der Waals surface area contributed by atoms with Crippen LogP contribution in [-0.2, 0) is 0 Å². The molecule has 0 aliphatic rings. The minimum absolute atomic E-state index is 0.00551. The van der Waals surface area contributed by atoms with Gasteiger partial charge in [-0.1, -0.05) is 6.92 Å². The van der Waals surface area contributed by atoms with Gasteiger partial charge in [-0.05, 0) is 26.5 Å². The highest BCUT2D eigenvalue weighted by atomic mass is 32.2. The van der Waals surface area contributed by atoms with Gasteiger partial charge in [0, 0.05) is 11.8 Å². The average molecular weight is 286 g/mol. The van der Waals surface area contributed by atoms with Gasteiger partial charge in [-0.25, -0.2) is 5.84 Å². The van der Waals surface area contributed by atoms with Gasteiger partial charge in [-0.2, -0.15) is 26.7 Å². The van der Waals surface area contributed by atoms with Crippen LogP contribution in [0.4, 0.5) is 11.9 Å². The SMILES string of the molecule is CCC(CSC)Nc1nc(NN)nc(OC(C)C)n1. The van der Waals surface area contributed by atoms with E-state index in [9.17, 15) is 0 Å². The number of nitrogens with two attached hydrogens (primary N) is 1. The van der Waals surface area contributed by atoms with Gasteiger partial charge in [0.1, 0.15) is 0 Å². The molecule has 0 aliphatic heterocycles. The van der Waals surface area contributed by atoms with Crippen molar-refractivity contribution in [3.63, 3.8) is 0 Å². The number of hydrogen-bond acceptors (Lipinski definition) is 8. The number of nitrogen functional groups attached to an aromatic ring is 1. The van der Waals surface area contributed by atoms with E-state index < -0.39 is 0 Å². The lowest BCUT2D eigenvalue weighted by molar-refractivity contribution is 0.222. The van der Waals surface area contributed by atoms with Crippen molar-refractivity contribution in [1.82, 2.24) is 15.0 Å². The third kappa shape index (κ3) is 5.48. The van der Waals surface area contributed by atoms with Crippen LogP contribution >= 0.6 is 11.8 Å². The Labute approximate surface area is 118 Å². The normalized spacial score (nSPS) is 12.3. The van der Waals surface area contributed by atoms with Crippen LogP contribution in [0.3, 0.4) is 0 Å². The molecule has 1 heterocycles. The van der Waals surface area contributed by atoms with Gasteiger partial charge in [-0.15, -0.1) is 0 Å². The zero-order valence-electron chi connectivity index (χ0n) is 11.8. The summed E-state index contributed by atoms with van der Waals surface area (Å²) in [5.74, 6) is 7.09. The summed E-state index contributed by atoms with van der Waals surface area (Å²) in [5, 5.41) is 3.26. The Morgan fingerprint density at radius 1 is 1.26 bits per heavy atom. The Balaban J connectivity index is 2.86. The molecule has 4 N–H and O–H groups in total. The molecule has 0 saturated carbocycles. The Morgan fingerprint density at radius 3 is 2.47 bits per heavy atom. The van der Waals surface area contributed by atoms with E-state index in [1.807, 2.05) is 13.8 Å². The van der Waals surface area contributed by atoms with E-state index in [1.165, 1.54) is 0 Å². The van der Waals surface area contributed by atoms with E-state index in [-0.39, 0.29) is 18.1 Å². The molecule has 0 aliphatic carbocycles. The van der Waals surface area contributed by atoms with Crippen molar-refractivity contribution in [2.45, 2.75) is 39.3 Å². The van der Waals surface area contributed by atoms with Crippen LogP contribution in [-0.4, -0.2) is 39.1 Å². The van der Waals surface area contributed by atoms with Crippen LogP contribution < -0.4 is 21.3 Å². The number of nitrogens with one attached hydrogen (secondary N) is 2. The highest BCUT2D eigenvalue weighted by Crippen LogP contribution is 2.14. The van der Waals surface area contributed by atoms with Crippen LogP contribution in [0, 0.1) is 0 Å². The van der Waals surface area contributed by atoms with Gasteiger partial charge in [0.2, 0.25) is 11.9 Å². The molecule has 1 unspecified atom stereocenters. The summed E-state index contributed by atoms with van der Waals surface area (Å²) in [7, 11) is 0. The molecule has 19 heavy (non-hydrogen) atoms. The molecular formula is C11H22N6OS. The van der Waals surface area contributed by atoms with Gasteiger partial charge in [0.25, 0.3) is 0 Å². The molecular weight excluding hydrogens is 264 g/mol. The van der Waals surface area contributed by atoms with Crippen LogP contribution in [0.5, 0.6) is 6.01 Å². The minimum atomic E-state index is -0.00551. The zero-order chi connectivity index (χ0) is 14.3. The molecule has 1 atom stereocenters. The summed E-state index contributed by atoms with van der Waals surface area (Å²) in [6, 6.07) is 0.564. The fourth-order valence-electron chi connectivity index (χ4n) is 1.39. The highest BCUT2D eigenvalue weighted by molar-refractivity contribution is 7.98. The van der Waals surface area contributed by atoms with E-state index in [2.05, 4.69) is 38.9 Å². The lowest BCUT2D eigenvalue weighted by Gasteiger charge is -2.16. The van der Waals surface area contributed by atoms with E-state index in [1.54, 1.807) is 11.8 Å². The molecule has 0 spiro atoms. The number of anilines is 2. The number of hydrogen-bond donors (Lipinski definition) is 3. The maximum atomic E-state index is 5.47. The molecule has 1 aromatic heterocycles. The van der Waals surface area contributed by atoms with E-state index in [0.29, 0.717) is 12.0 Å². The van der Waals surface area contributed by atoms with Gasteiger partial charge in [0.05, 0.1) is 6.10 Å². The van der Waals surface area contributed by atoms with Crippen LogP contribution in [0.2, 0.25) is 0 Å². The van der Waals surface area contributed by atoms with Crippen LogP contribution in [0.1, 0.15) is 27.2 Å². The summed E-state index contributed by atoms with van der Waals surface area (Å²) in [4.78, 5) is 12.4. The van der Waals surface area contributed by atoms with Gasteiger partial charge < -0.3 is 10.1 Å². The van der Waals surface area contributed by atoms with Crippen molar-refractivity contribution in [3.05, 3.63) is 0 Å². The van der Waals surface area contributed by atoms with E-state index >= 15 is 0 Å². The number of thioether (sulfide) groups is 1. The number of ether oxygens (including phenoxy) is 1. The first-order valence-electron chi connectivity index (χ1n) is 6.23. The van der Waals surface area contributed by atoms with Crippen molar-refractivity contribution < 1.29 is 4.74 Å². The van der Waals surface area contributed by atoms with Crippen molar-refractivity contribution >= 4 is 23.7 Å². The van der Waals surface area contributed by atoms with Crippen LogP contribution in [0.15, 0.2) is 0 Å². The van der Waals surface area contributed by atoms with Crippen molar-refractivity contribution in [3.8, 4) is 6.01 Å². The van der Waals surface area contributed by atoms with E-state index in [4.69, 9.17) is 10.6 Å². The first kappa shape index (κ1) is 15.8. The molecule has 0 aromatic carbocycles. The summed E-state index contributed by atoms with van der Waals surface area (Å²) >= 11 is 1.77. The van der Waals surface area contributed by atoms with Crippen LogP contribution in [0.25, 0.3) is 0 Å². The van der Waals surface area contributed by atoms with Gasteiger partial charge >= 0.3 is 6.01 Å². The Bertz CT molecular complexity index is 389. The monoisotopic (exact) mass is 286 g/mol. The zero-order valence-corrected chi connectivity index (χ0v) is 12.6. The second-order valence-corrected chi connectivity index (χ2v) is 5.19. The number of rotatable bonds is 8. The molecule has 0 radical (unpaired) electrons. The fraction of sp³-hybridized carbons (Fsp3) is 0.727. The molecule has 0 amide bonds. The molecule has 0 bridgehead atoms. The lowest BCUT2D eigenvalue weighted by Crippen LogP contribution is -2.24. The second kappa shape index (κ2) is 8.00. The third-order valence-corrected chi connectivity index (χ3v) is 3.01. The highest BCUT2D eigenvalue weighted by Gasteiger charge is 2.12. The predicted molar refractivity (Wildman–Crippen MR) is 79.5 cm³/mol. The number of aromatic nitrogens is 3. The standard InChI is InChI=1S/C11H22N6OS/c1-5-8(6-19-4)13-9-14-10(17-12)16-11(15-9)18-7(2)3/h7-8H,5-6,12H2,1-4H3,(H2,13,14,15,16,17). The Kier molecular flexibility index (Phi) is 6.65. The minimum Gasteiger partial charge on any atom is -0.461 e. The molecule has 0 fully saturated rings. The molecule has 8 heteroatoms. The molecule has 1 aromatic rings. The number of hydrazine groups is 1. The third-order valence-electron chi connectivity index (χ3n) is 2.28. The first-order valence-corrected chi connectivity index (χ1v) is 7.63. The van der Waals surface area contributed by atoms with Gasteiger partial charge in [-0.3, -0.25) is 5.43 Å². The number of nitrogens with zero attached hydrogens (tertiary/aromatic N) is 3. The maximum absolute atomic E-state index is 5.47. The summed E-state index contributed by atoms with van der Waals surface area (Å²) in [6.45, 7) is 5.94. The van der Waals surface area contributed by atoms with Crippen molar-refractivity contribution in [2.24, 2.45) is 5.84 Å². The molecule has 7 nitrogen and oxygen atoms in total. The smallest absolute Gasteiger partial charge is 0.323 e. The largest absolute Gasteiger partial charge is 0.461 e. The predicted octanol–water partition coefficient (Wildman–Crippen LogP) is 1.50. The Hall–Kier alpha value is -1.28. The summed E-state index contributed by atoms with van der Waals surface area (Å²) < 4.78 is 5.47. The van der Waals surface area contributed by atoms with Crippen molar-refractivity contribution in [1.29, 1.82) is 0 Å². The maximum Gasteiger partial charge on any atom is 0.323 e. The fourth-order valence-corrected chi connectivity index (χ4v) is 2.12. The second-order valence-electron chi connectivity index (χ2n) is 4.28. The molecule has 1 rings (SSSR count). The summed E-state index contributed by atoms with van der Waals surface area (Å²) in [5.41, 5.74) is 2.42. The quantitative estimate of drug-likeness (QED) is 0.488. The van der Waals surface area contributed by atoms with E-state index in [0.717, 1.165) is 12.2 Å². The average Bonchev–Trinajstić information content (AvgIpc) is 2.37. The molecule has 0 saturated heterocycles. The lowest BCUT2D eigenvalue weighted by atomic mass is 10.3. The topological polar surface area (TPSA) is 98.0 Å². The van der Waals surface area contributed by atoms with Crippen molar-refractivity contribution in [2.75, 3.05) is 22.8 Å². The van der Waals surface area contributed by atoms with Gasteiger partial charge in [0.15, 0.2) is 0 Å². The first-order chi connectivity index (χ1) is 9.08. The Morgan fingerprint density at radius 2 is 1.95 bits per heavy atom. The summed E-state index contributed by atoms with van der Waals surface area (Å²) in [6.07, 6.45) is 3.05. The molecule has 108 valence electrons.